The summed E-state index contributed by atoms with van der Waals surface area (Å²) in [5, 5.41) is 3.78. The molecule has 0 saturated carbocycles. The zero-order valence-electron chi connectivity index (χ0n) is 17.0. The van der Waals surface area contributed by atoms with Gasteiger partial charge in [-0.15, -0.1) is 0 Å². The van der Waals surface area contributed by atoms with E-state index < -0.39 is 11.7 Å². The van der Waals surface area contributed by atoms with Crippen molar-refractivity contribution in [2.24, 2.45) is 5.41 Å². The maximum Gasteiger partial charge on any atom is 0.416 e. The molecule has 0 aliphatic heterocycles. The van der Waals surface area contributed by atoms with Gasteiger partial charge in [-0.05, 0) is 48.2 Å². The highest BCUT2D eigenvalue weighted by molar-refractivity contribution is 5.94. The average Bonchev–Trinajstić information content (AvgIpc) is 2.87. The summed E-state index contributed by atoms with van der Waals surface area (Å²) in [7, 11) is 0. The molecule has 0 atom stereocenters. The van der Waals surface area contributed by atoms with Gasteiger partial charge in [0.1, 0.15) is 0 Å². The van der Waals surface area contributed by atoms with Crippen LogP contribution in [0, 0.1) is 12.3 Å². The lowest BCUT2D eigenvalue weighted by molar-refractivity contribution is -0.138. The van der Waals surface area contributed by atoms with Gasteiger partial charge in [0.15, 0.2) is 0 Å². The van der Waals surface area contributed by atoms with E-state index in [0.29, 0.717) is 12.1 Å². The van der Waals surface area contributed by atoms with Gasteiger partial charge in [-0.1, -0.05) is 39.0 Å². The third-order valence-corrected chi connectivity index (χ3v) is 4.73. The largest absolute Gasteiger partial charge is 0.416 e. The second kappa shape index (κ2) is 7.58. The number of benzene rings is 2. The van der Waals surface area contributed by atoms with Crippen LogP contribution in [0.3, 0.4) is 0 Å². The number of hydrogen-bond acceptors (Lipinski definition) is 1. The minimum absolute atomic E-state index is 0.0629. The average molecular weight is 402 g/mol. The number of halogens is 3. The number of aromatic nitrogens is 1. The lowest BCUT2D eigenvalue weighted by atomic mass is 9.92. The van der Waals surface area contributed by atoms with E-state index >= 15 is 0 Å². The third kappa shape index (κ3) is 5.00. The first-order chi connectivity index (χ1) is 13.4. The fourth-order valence-corrected chi connectivity index (χ4v) is 3.49. The lowest BCUT2D eigenvalue weighted by Gasteiger charge is -2.17. The first-order valence-corrected chi connectivity index (χ1v) is 9.49. The number of nitrogens with zero attached hydrogens (tertiary/aromatic N) is 1. The molecule has 0 saturated heterocycles. The summed E-state index contributed by atoms with van der Waals surface area (Å²) < 4.78 is 41.9. The predicted molar refractivity (Wildman–Crippen MR) is 110 cm³/mol. The molecular formula is C23H25F3N2O. The molecule has 0 spiro atoms. The van der Waals surface area contributed by atoms with E-state index in [4.69, 9.17) is 0 Å². The number of fused-ring (bicyclic) bond motifs is 1. The fraction of sp³-hybridized carbons (Fsp3) is 0.348. The van der Waals surface area contributed by atoms with Crippen molar-refractivity contribution in [2.75, 3.05) is 5.32 Å². The number of hydrogen-bond donors (Lipinski definition) is 1. The van der Waals surface area contributed by atoms with Crippen molar-refractivity contribution in [2.45, 2.75) is 46.8 Å². The number of nitrogens with one attached hydrogen (secondary N) is 1. The minimum Gasteiger partial charge on any atom is -0.340 e. The van der Waals surface area contributed by atoms with Crippen molar-refractivity contribution in [1.29, 1.82) is 0 Å². The molecule has 0 aliphatic carbocycles. The number of anilines is 1. The normalized spacial score (nSPS) is 12.4. The van der Waals surface area contributed by atoms with Gasteiger partial charge in [-0.25, -0.2) is 0 Å². The highest BCUT2D eigenvalue weighted by Crippen LogP contribution is 2.33. The Morgan fingerprint density at radius 1 is 1.03 bits per heavy atom. The van der Waals surface area contributed by atoms with Crippen molar-refractivity contribution in [3.63, 3.8) is 0 Å². The van der Waals surface area contributed by atoms with Crippen molar-refractivity contribution < 1.29 is 18.0 Å². The molecule has 1 N–H and O–H groups in total. The van der Waals surface area contributed by atoms with Gasteiger partial charge >= 0.3 is 6.18 Å². The zero-order chi connectivity index (χ0) is 21.4. The highest BCUT2D eigenvalue weighted by Gasteiger charge is 2.33. The van der Waals surface area contributed by atoms with Crippen molar-refractivity contribution in [1.82, 2.24) is 4.57 Å². The molecule has 0 radical (unpaired) electrons. The number of aryl methyl sites for hydroxylation is 1. The standard InChI is InChI=1S/C23H25F3N2O/c1-15-11-17-12-18(27-21(29)13-22(2,3)4)9-10-20(17)28(15)14-16-7-5-6-8-19(16)23(24,25)26/h5-12H,13-14H2,1-4H3,(H,27,29). The van der Waals surface area contributed by atoms with Crippen LogP contribution in [0.5, 0.6) is 0 Å². The van der Waals surface area contributed by atoms with Gasteiger partial charge in [0.25, 0.3) is 0 Å². The molecular weight excluding hydrogens is 377 g/mol. The molecule has 1 amide bonds. The quantitative estimate of drug-likeness (QED) is 0.539. The topological polar surface area (TPSA) is 34.0 Å². The first kappa shape index (κ1) is 21.0. The van der Waals surface area contributed by atoms with Crippen LogP contribution >= 0.6 is 0 Å². The van der Waals surface area contributed by atoms with Gasteiger partial charge in [0.05, 0.1) is 5.56 Å². The predicted octanol–water partition coefficient (Wildman–Crippen LogP) is 6.39. The molecule has 0 unspecified atom stereocenters. The molecule has 1 heterocycles. The van der Waals surface area contributed by atoms with E-state index in [9.17, 15) is 18.0 Å². The maximum atomic E-state index is 13.3. The maximum absolute atomic E-state index is 13.3. The number of amides is 1. The number of carbonyl (C=O) groups is 1. The zero-order valence-corrected chi connectivity index (χ0v) is 17.0. The van der Waals surface area contributed by atoms with Crippen LogP contribution in [0.2, 0.25) is 0 Å². The van der Waals surface area contributed by atoms with Gasteiger partial charge in [0.2, 0.25) is 5.91 Å². The molecule has 154 valence electrons. The summed E-state index contributed by atoms with van der Waals surface area (Å²) in [5.41, 5.74) is 1.86. The molecule has 3 nitrogen and oxygen atoms in total. The van der Waals surface area contributed by atoms with Crippen LogP contribution in [0.4, 0.5) is 18.9 Å². The Bertz CT molecular complexity index is 1040. The van der Waals surface area contributed by atoms with Gasteiger partial charge in [-0.3, -0.25) is 4.79 Å². The van der Waals surface area contributed by atoms with E-state index in [-0.39, 0.29) is 23.4 Å². The Hall–Kier alpha value is -2.76. The molecule has 2 aromatic carbocycles. The third-order valence-electron chi connectivity index (χ3n) is 4.73. The summed E-state index contributed by atoms with van der Waals surface area (Å²) in [5.74, 6) is -0.0629. The molecule has 0 bridgehead atoms. The van der Waals surface area contributed by atoms with Crippen LogP contribution in [-0.4, -0.2) is 10.5 Å². The Balaban J connectivity index is 1.90. The number of carbonyl (C=O) groups excluding carboxylic acids is 1. The summed E-state index contributed by atoms with van der Waals surface area (Å²) in [6, 6.07) is 13.0. The Morgan fingerprint density at radius 3 is 2.38 bits per heavy atom. The molecule has 0 aliphatic rings. The second-order valence-corrected chi connectivity index (χ2v) is 8.59. The van der Waals surface area contributed by atoms with Crippen LogP contribution in [0.1, 0.15) is 44.0 Å². The Labute approximate surface area is 168 Å². The van der Waals surface area contributed by atoms with Crippen molar-refractivity contribution in [3.05, 3.63) is 65.4 Å². The summed E-state index contributed by atoms with van der Waals surface area (Å²) in [6.45, 7) is 7.99. The van der Waals surface area contributed by atoms with E-state index in [1.54, 1.807) is 12.1 Å². The fourth-order valence-electron chi connectivity index (χ4n) is 3.49. The van der Waals surface area contributed by atoms with Gasteiger partial charge < -0.3 is 9.88 Å². The SMILES string of the molecule is Cc1cc2cc(NC(=O)CC(C)(C)C)ccc2n1Cc1ccccc1C(F)(F)F. The molecule has 1 aromatic heterocycles. The smallest absolute Gasteiger partial charge is 0.340 e. The monoisotopic (exact) mass is 402 g/mol. The molecule has 6 heteroatoms. The van der Waals surface area contributed by atoms with E-state index in [2.05, 4.69) is 5.32 Å². The molecule has 0 fully saturated rings. The van der Waals surface area contributed by atoms with Crippen LogP contribution in [0.25, 0.3) is 10.9 Å². The van der Waals surface area contributed by atoms with Crippen LogP contribution in [0.15, 0.2) is 48.5 Å². The minimum atomic E-state index is -4.39. The van der Waals surface area contributed by atoms with Gasteiger partial charge in [0, 0.05) is 35.2 Å². The lowest BCUT2D eigenvalue weighted by Crippen LogP contribution is -2.19. The summed E-state index contributed by atoms with van der Waals surface area (Å²) in [4.78, 5) is 12.2. The van der Waals surface area contributed by atoms with Crippen LogP contribution < -0.4 is 5.32 Å². The summed E-state index contributed by atoms with van der Waals surface area (Å²) in [6.07, 6.45) is -3.99. The van der Waals surface area contributed by atoms with E-state index in [0.717, 1.165) is 22.7 Å². The highest BCUT2D eigenvalue weighted by atomic mass is 19.4. The Morgan fingerprint density at radius 2 is 1.72 bits per heavy atom. The van der Waals surface area contributed by atoms with Gasteiger partial charge in [-0.2, -0.15) is 13.2 Å². The second-order valence-electron chi connectivity index (χ2n) is 8.59. The van der Waals surface area contributed by atoms with Crippen molar-refractivity contribution in [3.8, 4) is 0 Å². The van der Waals surface area contributed by atoms with E-state index in [1.165, 1.54) is 12.1 Å². The van der Waals surface area contributed by atoms with E-state index in [1.807, 2.05) is 50.5 Å². The molecule has 3 rings (SSSR count). The van der Waals surface area contributed by atoms with Crippen LogP contribution in [-0.2, 0) is 17.5 Å². The number of rotatable bonds is 4. The molecule has 29 heavy (non-hydrogen) atoms. The molecule has 3 aromatic rings. The number of alkyl halides is 3. The summed E-state index contributed by atoms with van der Waals surface area (Å²) >= 11 is 0. The Kier molecular flexibility index (Phi) is 5.48. The first-order valence-electron chi connectivity index (χ1n) is 9.49. The van der Waals surface area contributed by atoms with Crippen molar-refractivity contribution >= 4 is 22.5 Å².